The van der Waals surface area contributed by atoms with E-state index >= 15 is 0 Å². The molecular formula is C15H22ClN3O2S. The molecule has 1 aromatic rings. The summed E-state index contributed by atoms with van der Waals surface area (Å²) in [5.74, 6) is 0.474. The highest BCUT2D eigenvalue weighted by Gasteiger charge is 2.29. The molecule has 2 amide bonds. The monoisotopic (exact) mass is 343 g/mol. The maximum atomic E-state index is 12.4. The predicted octanol–water partition coefficient (Wildman–Crippen LogP) is 1.45. The summed E-state index contributed by atoms with van der Waals surface area (Å²) in [5, 5.41) is 7.06. The van der Waals surface area contributed by atoms with E-state index in [-0.39, 0.29) is 30.1 Å². The van der Waals surface area contributed by atoms with E-state index in [1.165, 1.54) is 0 Å². The molecule has 3 heterocycles. The molecular weight excluding hydrogens is 322 g/mol. The molecule has 2 fully saturated rings. The lowest BCUT2D eigenvalue weighted by Crippen LogP contribution is -2.40. The highest BCUT2D eigenvalue weighted by Crippen LogP contribution is 2.16. The molecule has 1 N–H and O–H groups in total. The minimum absolute atomic E-state index is 0. The highest BCUT2D eigenvalue weighted by atomic mass is 35.5. The summed E-state index contributed by atoms with van der Waals surface area (Å²) in [6, 6.07) is 1.87. The second-order valence-electron chi connectivity index (χ2n) is 5.67. The average Bonchev–Trinajstić information content (AvgIpc) is 3.15. The Labute approximate surface area is 141 Å². The van der Waals surface area contributed by atoms with Gasteiger partial charge >= 0.3 is 0 Å². The van der Waals surface area contributed by atoms with Crippen LogP contribution in [0.4, 0.5) is 0 Å². The lowest BCUT2D eigenvalue weighted by Gasteiger charge is -2.24. The topological polar surface area (TPSA) is 52.7 Å². The summed E-state index contributed by atoms with van der Waals surface area (Å²) < 4.78 is 0. The molecule has 2 saturated heterocycles. The fourth-order valence-corrected chi connectivity index (χ4v) is 3.66. The molecule has 22 heavy (non-hydrogen) atoms. The van der Waals surface area contributed by atoms with Crippen molar-refractivity contribution in [1.82, 2.24) is 15.1 Å². The van der Waals surface area contributed by atoms with Gasteiger partial charge in [0.1, 0.15) is 0 Å². The quantitative estimate of drug-likeness (QED) is 0.884. The predicted molar refractivity (Wildman–Crippen MR) is 89.6 cm³/mol. The van der Waals surface area contributed by atoms with E-state index < -0.39 is 0 Å². The Balaban J connectivity index is 0.00000176. The largest absolute Gasteiger partial charge is 0.341 e. The minimum Gasteiger partial charge on any atom is -0.341 e. The maximum Gasteiger partial charge on any atom is 0.254 e. The fourth-order valence-electron chi connectivity index (χ4n) is 3.03. The number of nitrogens with one attached hydrogen (secondary N) is 1. The van der Waals surface area contributed by atoms with Crippen LogP contribution < -0.4 is 5.32 Å². The van der Waals surface area contributed by atoms with Gasteiger partial charge in [0.15, 0.2) is 0 Å². The van der Waals surface area contributed by atoms with Gasteiger partial charge < -0.3 is 15.1 Å². The standard InChI is InChI=1S/C15H21N3O2S.ClH/c19-14(12-2-4-16-10-12)17-5-1-6-18(8-7-17)15(20)13-3-9-21-11-13;/h3,9,11-12,16H,1-2,4-8,10H2;1H. The van der Waals surface area contributed by atoms with E-state index in [1.807, 2.05) is 26.6 Å². The number of hydrogen-bond donors (Lipinski definition) is 1. The van der Waals surface area contributed by atoms with Crippen LogP contribution in [0.3, 0.4) is 0 Å². The molecule has 2 aliphatic heterocycles. The summed E-state index contributed by atoms with van der Waals surface area (Å²) >= 11 is 1.54. The first kappa shape index (κ1) is 17.2. The Morgan fingerprint density at radius 3 is 2.64 bits per heavy atom. The van der Waals surface area contributed by atoms with Crippen LogP contribution in [0.1, 0.15) is 23.2 Å². The Morgan fingerprint density at radius 1 is 1.18 bits per heavy atom. The SMILES string of the molecule is Cl.O=C(c1ccsc1)N1CCCN(C(=O)C2CCNC2)CC1. The van der Waals surface area contributed by atoms with Gasteiger partial charge in [-0.15, -0.1) is 12.4 Å². The molecule has 122 valence electrons. The zero-order valence-corrected chi connectivity index (χ0v) is 14.1. The fraction of sp³-hybridized carbons (Fsp3) is 0.600. The molecule has 0 aliphatic carbocycles. The molecule has 1 aromatic heterocycles. The van der Waals surface area contributed by atoms with Gasteiger partial charge in [-0.2, -0.15) is 11.3 Å². The maximum absolute atomic E-state index is 12.4. The Hall–Kier alpha value is -1.11. The van der Waals surface area contributed by atoms with Crippen molar-refractivity contribution in [2.24, 2.45) is 5.92 Å². The zero-order valence-electron chi connectivity index (χ0n) is 12.5. The first-order chi connectivity index (χ1) is 10.3. The van der Waals surface area contributed by atoms with Gasteiger partial charge in [-0.3, -0.25) is 9.59 Å². The Morgan fingerprint density at radius 2 is 1.95 bits per heavy atom. The summed E-state index contributed by atoms with van der Waals surface area (Å²) in [6.45, 7) is 4.54. The van der Waals surface area contributed by atoms with Crippen molar-refractivity contribution in [1.29, 1.82) is 0 Å². The van der Waals surface area contributed by atoms with Gasteiger partial charge in [-0.05, 0) is 30.8 Å². The molecule has 7 heteroatoms. The molecule has 1 unspecified atom stereocenters. The first-order valence-electron chi connectivity index (χ1n) is 7.56. The lowest BCUT2D eigenvalue weighted by atomic mass is 10.1. The van der Waals surface area contributed by atoms with E-state index in [2.05, 4.69) is 5.32 Å². The molecule has 0 aromatic carbocycles. The molecule has 0 saturated carbocycles. The lowest BCUT2D eigenvalue weighted by molar-refractivity contribution is -0.134. The van der Waals surface area contributed by atoms with Crippen LogP contribution in [0.5, 0.6) is 0 Å². The Bertz CT molecular complexity index is 503. The number of carbonyl (C=O) groups is 2. The van der Waals surface area contributed by atoms with Crippen molar-refractivity contribution in [3.05, 3.63) is 22.4 Å². The zero-order chi connectivity index (χ0) is 14.7. The van der Waals surface area contributed by atoms with Crippen LogP contribution in [0.25, 0.3) is 0 Å². The van der Waals surface area contributed by atoms with Crippen LogP contribution >= 0.6 is 23.7 Å². The summed E-state index contributed by atoms with van der Waals surface area (Å²) in [6.07, 6.45) is 1.80. The van der Waals surface area contributed by atoms with Crippen molar-refractivity contribution in [2.75, 3.05) is 39.3 Å². The van der Waals surface area contributed by atoms with E-state index in [1.54, 1.807) is 11.3 Å². The number of halogens is 1. The third kappa shape index (κ3) is 3.80. The molecule has 3 rings (SSSR count). The van der Waals surface area contributed by atoms with Crippen molar-refractivity contribution >= 4 is 35.6 Å². The van der Waals surface area contributed by atoms with Crippen molar-refractivity contribution in [3.8, 4) is 0 Å². The molecule has 0 spiro atoms. The van der Waals surface area contributed by atoms with E-state index in [4.69, 9.17) is 0 Å². The van der Waals surface area contributed by atoms with Gasteiger partial charge in [0.05, 0.1) is 11.5 Å². The van der Waals surface area contributed by atoms with Crippen molar-refractivity contribution < 1.29 is 9.59 Å². The molecule has 0 radical (unpaired) electrons. The Kier molecular flexibility index (Phi) is 6.23. The number of hydrogen-bond acceptors (Lipinski definition) is 4. The first-order valence-corrected chi connectivity index (χ1v) is 8.51. The van der Waals surface area contributed by atoms with Gasteiger partial charge in [0, 0.05) is 38.1 Å². The normalized spacial score (nSPS) is 22.1. The second kappa shape index (κ2) is 7.94. The van der Waals surface area contributed by atoms with Crippen molar-refractivity contribution in [2.45, 2.75) is 12.8 Å². The number of carbonyl (C=O) groups excluding carboxylic acids is 2. The number of thiophene rings is 1. The smallest absolute Gasteiger partial charge is 0.254 e. The van der Waals surface area contributed by atoms with Crippen LogP contribution in [-0.4, -0.2) is 60.9 Å². The second-order valence-corrected chi connectivity index (χ2v) is 6.45. The molecule has 5 nitrogen and oxygen atoms in total. The van der Waals surface area contributed by atoms with Crippen LogP contribution in [0.15, 0.2) is 16.8 Å². The van der Waals surface area contributed by atoms with E-state index in [0.29, 0.717) is 13.1 Å². The minimum atomic E-state index is 0. The summed E-state index contributed by atoms with van der Waals surface area (Å²) in [7, 11) is 0. The van der Waals surface area contributed by atoms with Gasteiger partial charge in [0.2, 0.25) is 5.91 Å². The van der Waals surface area contributed by atoms with Crippen LogP contribution in [0, 0.1) is 5.92 Å². The summed E-state index contributed by atoms with van der Waals surface area (Å²) in [4.78, 5) is 28.6. The molecule has 0 bridgehead atoms. The number of amides is 2. The van der Waals surface area contributed by atoms with E-state index in [9.17, 15) is 9.59 Å². The van der Waals surface area contributed by atoms with Gasteiger partial charge in [-0.1, -0.05) is 0 Å². The van der Waals surface area contributed by atoms with Crippen molar-refractivity contribution in [3.63, 3.8) is 0 Å². The number of nitrogens with zero attached hydrogens (tertiary/aromatic N) is 2. The highest BCUT2D eigenvalue weighted by molar-refractivity contribution is 7.08. The third-order valence-corrected chi connectivity index (χ3v) is 4.96. The van der Waals surface area contributed by atoms with Gasteiger partial charge in [0.25, 0.3) is 5.91 Å². The number of rotatable bonds is 2. The molecule has 1 atom stereocenters. The average molecular weight is 344 g/mol. The van der Waals surface area contributed by atoms with Crippen LogP contribution in [0.2, 0.25) is 0 Å². The summed E-state index contributed by atoms with van der Waals surface area (Å²) in [5.41, 5.74) is 0.764. The van der Waals surface area contributed by atoms with E-state index in [0.717, 1.165) is 44.6 Å². The third-order valence-electron chi connectivity index (χ3n) is 4.27. The van der Waals surface area contributed by atoms with Gasteiger partial charge in [-0.25, -0.2) is 0 Å². The van der Waals surface area contributed by atoms with Crippen LogP contribution in [-0.2, 0) is 4.79 Å². The molecule has 2 aliphatic rings.